The lowest BCUT2D eigenvalue weighted by Crippen LogP contribution is -2.18. The van der Waals surface area contributed by atoms with Gasteiger partial charge in [-0.2, -0.15) is 0 Å². The first-order chi connectivity index (χ1) is 6.86. The van der Waals surface area contributed by atoms with Crippen molar-refractivity contribution in [3.05, 3.63) is 10.0 Å². The van der Waals surface area contributed by atoms with E-state index in [9.17, 15) is 0 Å². The molecule has 4 nitrogen and oxygen atoms in total. The summed E-state index contributed by atoms with van der Waals surface area (Å²) in [6, 6.07) is 0. The molecular weight excluding hydrogens is 198 g/mol. The van der Waals surface area contributed by atoms with Crippen LogP contribution in [0.15, 0.2) is 0 Å². The number of aryl methyl sites for hydroxylation is 1. The first kappa shape index (κ1) is 11.6. The van der Waals surface area contributed by atoms with Gasteiger partial charge in [0.1, 0.15) is 10.0 Å². The Morgan fingerprint density at radius 1 is 1.36 bits per heavy atom. The van der Waals surface area contributed by atoms with Gasteiger partial charge in [-0.3, -0.25) is 0 Å². The molecule has 1 N–H and O–H groups in total. The van der Waals surface area contributed by atoms with Crippen LogP contribution in [0.3, 0.4) is 0 Å². The van der Waals surface area contributed by atoms with Gasteiger partial charge in [0.05, 0.1) is 6.61 Å². The van der Waals surface area contributed by atoms with E-state index in [1.807, 2.05) is 0 Å². The van der Waals surface area contributed by atoms with Gasteiger partial charge in [-0.05, 0) is 6.42 Å². The van der Waals surface area contributed by atoms with Crippen LogP contribution in [0, 0.1) is 0 Å². The molecule has 1 aromatic rings. The van der Waals surface area contributed by atoms with Crippen LogP contribution in [0.25, 0.3) is 0 Å². The summed E-state index contributed by atoms with van der Waals surface area (Å²) in [6.45, 7) is 4.54. The fourth-order valence-electron chi connectivity index (χ4n) is 1.04. The lowest BCUT2D eigenvalue weighted by molar-refractivity contribution is 0.199. The maximum atomic E-state index is 4.93. The Hall–Kier alpha value is -0.520. The lowest BCUT2D eigenvalue weighted by Gasteiger charge is -1.99. The minimum Gasteiger partial charge on any atom is -0.383 e. The van der Waals surface area contributed by atoms with E-state index in [0.29, 0.717) is 0 Å². The summed E-state index contributed by atoms with van der Waals surface area (Å²) < 4.78 is 4.93. The van der Waals surface area contributed by atoms with E-state index < -0.39 is 0 Å². The van der Waals surface area contributed by atoms with E-state index in [-0.39, 0.29) is 0 Å². The average molecular weight is 215 g/mol. The van der Waals surface area contributed by atoms with Gasteiger partial charge in [-0.25, -0.2) is 0 Å². The monoisotopic (exact) mass is 215 g/mol. The van der Waals surface area contributed by atoms with Gasteiger partial charge in [0.2, 0.25) is 0 Å². The van der Waals surface area contributed by atoms with Crippen molar-refractivity contribution in [1.82, 2.24) is 15.5 Å². The van der Waals surface area contributed by atoms with Crippen molar-refractivity contribution < 1.29 is 4.74 Å². The summed E-state index contributed by atoms with van der Waals surface area (Å²) in [5, 5.41) is 13.6. The number of ether oxygens (including phenoxy) is 1. The van der Waals surface area contributed by atoms with Gasteiger partial charge < -0.3 is 10.1 Å². The SMILES string of the molecule is CCCc1nnc(CNCCOC)s1. The van der Waals surface area contributed by atoms with Gasteiger partial charge in [0.15, 0.2) is 0 Å². The molecule has 0 saturated carbocycles. The second-order valence-electron chi connectivity index (χ2n) is 3.01. The van der Waals surface area contributed by atoms with Crippen molar-refractivity contribution >= 4 is 11.3 Å². The van der Waals surface area contributed by atoms with E-state index in [4.69, 9.17) is 4.74 Å². The van der Waals surface area contributed by atoms with E-state index in [1.54, 1.807) is 18.4 Å². The molecule has 0 spiro atoms. The largest absolute Gasteiger partial charge is 0.383 e. The number of rotatable bonds is 7. The Morgan fingerprint density at radius 3 is 2.86 bits per heavy atom. The fraction of sp³-hybridized carbons (Fsp3) is 0.778. The molecule has 0 radical (unpaired) electrons. The summed E-state index contributed by atoms with van der Waals surface area (Å²) in [6.07, 6.45) is 2.17. The average Bonchev–Trinajstić information content (AvgIpc) is 2.61. The van der Waals surface area contributed by atoms with Crippen LogP contribution in [-0.4, -0.2) is 30.5 Å². The molecule has 1 heterocycles. The topological polar surface area (TPSA) is 47.0 Å². The Morgan fingerprint density at radius 2 is 2.14 bits per heavy atom. The molecule has 1 rings (SSSR count). The highest BCUT2D eigenvalue weighted by molar-refractivity contribution is 7.11. The maximum absolute atomic E-state index is 4.93. The molecule has 0 unspecified atom stereocenters. The third-order valence-electron chi connectivity index (χ3n) is 1.73. The van der Waals surface area contributed by atoms with Crippen molar-refractivity contribution in [2.45, 2.75) is 26.3 Å². The number of aromatic nitrogens is 2. The minimum absolute atomic E-state index is 0.737. The van der Waals surface area contributed by atoms with E-state index in [0.717, 1.165) is 42.6 Å². The van der Waals surface area contributed by atoms with Crippen LogP contribution in [0.2, 0.25) is 0 Å². The first-order valence-electron chi connectivity index (χ1n) is 4.87. The summed E-state index contributed by atoms with van der Waals surface area (Å²) in [5.74, 6) is 0. The quantitative estimate of drug-likeness (QED) is 0.695. The van der Waals surface area contributed by atoms with Crippen molar-refractivity contribution in [3.63, 3.8) is 0 Å². The van der Waals surface area contributed by atoms with Gasteiger partial charge in [0.25, 0.3) is 0 Å². The maximum Gasteiger partial charge on any atom is 0.131 e. The van der Waals surface area contributed by atoms with Crippen LogP contribution >= 0.6 is 11.3 Å². The fourth-order valence-corrected chi connectivity index (χ4v) is 1.96. The second kappa shape index (κ2) is 6.86. The molecule has 80 valence electrons. The van der Waals surface area contributed by atoms with Crippen molar-refractivity contribution in [2.75, 3.05) is 20.3 Å². The number of methoxy groups -OCH3 is 1. The van der Waals surface area contributed by atoms with Crippen LogP contribution in [0.4, 0.5) is 0 Å². The number of hydrogen-bond donors (Lipinski definition) is 1. The molecule has 0 atom stereocenters. The zero-order chi connectivity index (χ0) is 10.2. The van der Waals surface area contributed by atoms with E-state index in [2.05, 4.69) is 22.4 Å². The van der Waals surface area contributed by atoms with Crippen molar-refractivity contribution in [3.8, 4) is 0 Å². The van der Waals surface area contributed by atoms with Crippen LogP contribution in [0.1, 0.15) is 23.4 Å². The number of hydrogen-bond acceptors (Lipinski definition) is 5. The van der Waals surface area contributed by atoms with Crippen LogP contribution < -0.4 is 5.32 Å². The highest BCUT2D eigenvalue weighted by atomic mass is 32.1. The molecule has 0 amide bonds. The number of nitrogens with one attached hydrogen (secondary N) is 1. The molecule has 5 heteroatoms. The summed E-state index contributed by atoms with van der Waals surface area (Å²) >= 11 is 1.69. The molecule has 0 aromatic carbocycles. The molecular formula is C9H17N3OS. The predicted molar refractivity (Wildman–Crippen MR) is 57.5 cm³/mol. The molecule has 0 aliphatic heterocycles. The predicted octanol–water partition coefficient (Wildman–Crippen LogP) is 1.23. The summed E-state index contributed by atoms with van der Waals surface area (Å²) in [4.78, 5) is 0. The van der Waals surface area contributed by atoms with E-state index >= 15 is 0 Å². The molecule has 1 aromatic heterocycles. The van der Waals surface area contributed by atoms with Crippen LogP contribution in [-0.2, 0) is 17.7 Å². The first-order valence-corrected chi connectivity index (χ1v) is 5.69. The highest BCUT2D eigenvalue weighted by Crippen LogP contribution is 2.10. The summed E-state index contributed by atoms with van der Waals surface area (Å²) in [7, 11) is 1.70. The van der Waals surface area contributed by atoms with Gasteiger partial charge >= 0.3 is 0 Å². The van der Waals surface area contributed by atoms with Crippen molar-refractivity contribution in [2.24, 2.45) is 0 Å². The third-order valence-corrected chi connectivity index (χ3v) is 2.71. The Bertz CT molecular complexity index is 252. The second-order valence-corrected chi connectivity index (χ2v) is 4.16. The number of nitrogens with zero attached hydrogens (tertiary/aromatic N) is 2. The third kappa shape index (κ3) is 4.13. The lowest BCUT2D eigenvalue weighted by atomic mass is 10.4. The van der Waals surface area contributed by atoms with Gasteiger partial charge in [-0.15, -0.1) is 21.5 Å². The summed E-state index contributed by atoms with van der Waals surface area (Å²) in [5.41, 5.74) is 0. The zero-order valence-corrected chi connectivity index (χ0v) is 9.56. The van der Waals surface area contributed by atoms with E-state index in [1.165, 1.54) is 0 Å². The standard InChI is InChI=1S/C9H17N3OS/c1-3-4-8-11-12-9(14-8)7-10-5-6-13-2/h10H,3-7H2,1-2H3. The Balaban J connectivity index is 2.22. The Kier molecular flexibility index (Phi) is 5.66. The molecule has 14 heavy (non-hydrogen) atoms. The molecule has 0 saturated heterocycles. The smallest absolute Gasteiger partial charge is 0.131 e. The molecule has 0 aliphatic carbocycles. The van der Waals surface area contributed by atoms with Crippen LogP contribution in [0.5, 0.6) is 0 Å². The molecule has 0 bridgehead atoms. The van der Waals surface area contributed by atoms with Gasteiger partial charge in [0, 0.05) is 26.6 Å². The minimum atomic E-state index is 0.737. The zero-order valence-electron chi connectivity index (χ0n) is 8.75. The highest BCUT2D eigenvalue weighted by Gasteiger charge is 2.01. The van der Waals surface area contributed by atoms with Crippen molar-refractivity contribution in [1.29, 1.82) is 0 Å². The Labute approximate surface area is 88.7 Å². The van der Waals surface area contributed by atoms with Gasteiger partial charge in [-0.1, -0.05) is 6.92 Å². The normalized spacial score (nSPS) is 10.7. The molecule has 0 fully saturated rings. The molecule has 0 aliphatic rings.